The van der Waals surface area contributed by atoms with Crippen LogP contribution in [-0.2, 0) is 0 Å². The lowest BCUT2D eigenvalue weighted by molar-refractivity contribution is 0.324. The molecule has 0 aliphatic carbocycles. The Hall–Kier alpha value is -4.00. The molecule has 4 aromatic rings. The zero-order chi connectivity index (χ0) is 20.9. The first-order valence-corrected chi connectivity index (χ1v) is 9.37. The van der Waals surface area contributed by atoms with E-state index in [-0.39, 0.29) is 0 Å². The molecule has 2 N–H and O–H groups in total. The van der Waals surface area contributed by atoms with Crippen LogP contribution in [0.15, 0.2) is 66.7 Å². The van der Waals surface area contributed by atoms with Crippen molar-refractivity contribution in [1.29, 1.82) is 0 Å². The molecule has 0 bridgehead atoms. The van der Waals surface area contributed by atoms with E-state index in [9.17, 15) is 0 Å². The average Bonchev–Trinajstić information content (AvgIpc) is 2.81. The lowest BCUT2D eigenvalue weighted by Gasteiger charge is -2.17. The van der Waals surface area contributed by atoms with E-state index in [1.165, 1.54) is 0 Å². The predicted octanol–water partition coefficient (Wildman–Crippen LogP) is 4.76. The predicted molar refractivity (Wildman–Crippen MR) is 118 cm³/mol. The summed E-state index contributed by atoms with van der Waals surface area (Å²) in [6.45, 7) is 0. The van der Waals surface area contributed by atoms with Crippen molar-refractivity contribution in [2.45, 2.75) is 0 Å². The Morgan fingerprint density at radius 3 is 1.87 bits per heavy atom. The molecule has 152 valence electrons. The van der Waals surface area contributed by atoms with Crippen LogP contribution in [0.25, 0.3) is 22.3 Å². The molecule has 3 aromatic carbocycles. The van der Waals surface area contributed by atoms with Gasteiger partial charge in [-0.15, -0.1) is 0 Å². The molecular weight excluding hydrogens is 380 g/mol. The first-order valence-electron chi connectivity index (χ1n) is 9.37. The maximum atomic E-state index is 5.42. The number of methoxy groups -OCH3 is 3. The molecule has 0 saturated carbocycles. The summed E-state index contributed by atoms with van der Waals surface area (Å²) in [5, 5.41) is 0. The Morgan fingerprint density at radius 1 is 0.667 bits per heavy atom. The smallest absolute Gasteiger partial charge is 0.203 e. The van der Waals surface area contributed by atoms with E-state index in [1.807, 2.05) is 66.7 Å². The van der Waals surface area contributed by atoms with Gasteiger partial charge >= 0.3 is 0 Å². The lowest BCUT2D eigenvalue weighted by atomic mass is 10.1. The molecule has 0 amide bonds. The molecule has 0 spiro atoms. The number of ether oxygens (including phenoxy) is 3. The van der Waals surface area contributed by atoms with Crippen molar-refractivity contribution >= 4 is 22.5 Å². The fraction of sp³-hybridized carbons (Fsp3) is 0.130. The van der Waals surface area contributed by atoms with E-state index in [4.69, 9.17) is 24.2 Å². The first-order chi connectivity index (χ1) is 14.7. The zero-order valence-corrected chi connectivity index (χ0v) is 17.0. The molecule has 0 fully saturated rings. The van der Waals surface area contributed by atoms with Gasteiger partial charge in [-0.05, 0) is 12.1 Å². The van der Waals surface area contributed by atoms with Crippen LogP contribution < -0.4 is 25.1 Å². The number of hydrogen-bond donors (Lipinski definition) is 2. The molecule has 0 radical (unpaired) electrons. The van der Waals surface area contributed by atoms with Gasteiger partial charge in [0.15, 0.2) is 17.3 Å². The number of aromatic nitrogens is 2. The van der Waals surface area contributed by atoms with Crippen molar-refractivity contribution < 1.29 is 14.2 Å². The highest BCUT2D eigenvalue weighted by atomic mass is 16.5. The van der Waals surface area contributed by atoms with Gasteiger partial charge in [-0.2, -0.15) is 0 Å². The summed E-state index contributed by atoms with van der Waals surface area (Å²) in [7, 11) is 4.73. The molecular formula is C23H22N4O3. The largest absolute Gasteiger partial charge is 0.493 e. The number of benzene rings is 3. The summed E-state index contributed by atoms with van der Waals surface area (Å²) >= 11 is 0. The second-order valence-electron chi connectivity index (χ2n) is 6.44. The van der Waals surface area contributed by atoms with Crippen LogP contribution in [0.2, 0.25) is 0 Å². The van der Waals surface area contributed by atoms with Gasteiger partial charge in [0.05, 0.1) is 38.1 Å². The van der Waals surface area contributed by atoms with Crippen LogP contribution in [-0.4, -0.2) is 31.3 Å². The number of nitrogens with zero attached hydrogens (tertiary/aromatic N) is 2. The van der Waals surface area contributed by atoms with Crippen molar-refractivity contribution in [2.75, 3.05) is 32.2 Å². The summed E-state index contributed by atoms with van der Waals surface area (Å²) in [6.07, 6.45) is 0. The lowest BCUT2D eigenvalue weighted by Crippen LogP contribution is -2.12. The fourth-order valence-electron chi connectivity index (χ4n) is 3.17. The van der Waals surface area contributed by atoms with Crippen molar-refractivity contribution in [2.24, 2.45) is 0 Å². The summed E-state index contributed by atoms with van der Waals surface area (Å²) in [6, 6.07) is 21.3. The maximum Gasteiger partial charge on any atom is 0.203 e. The summed E-state index contributed by atoms with van der Waals surface area (Å²) in [4.78, 5) is 9.58. The van der Waals surface area contributed by atoms with E-state index in [0.717, 1.165) is 28.0 Å². The topological polar surface area (TPSA) is 77.5 Å². The van der Waals surface area contributed by atoms with Gasteiger partial charge in [0, 0.05) is 17.7 Å². The molecule has 30 heavy (non-hydrogen) atoms. The number of fused-ring (bicyclic) bond motifs is 1. The number of hydrogen-bond acceptors (Lipinski definition) is 7. The van der Waals surface area contributed by atoms with Gasteiger partial charge in [0.2, 0.25) is 5.75 Å². The Balaban J connectivity index is 1.72. The highest BCUT2D eigenvalue weighted by Gasteiger charge is 2.15. The third-order valence-electron chi connectivity index (χ3n) is 4.61. The molecule has 0 aliphatic rings. The van der Waals surface area contributed by atoms with Gasteiger partial charge in [-0.25, -0.2) is 9.97 Å². The van der Waals surface area contributed by atoms with Crippen molar-refractivity contribution in [3.05, 3.63) is 66.7 Å². The SMILES string of the molecule is COc1cc(NNc2nc3ccccc3nc2-c2ccccc2)cc(OC)c1OC. The second kappa shape index (κ2) is 8.57. The first kappa shape index (κ1) is 19.3. The van der Waals surface area contributed by atoms with Gasteiger partial charge in [-0.1, -0.05) is 42.5 Å². The van der Waals surface area contributed by atoms with Crippen LogP contribution in [0, 0.1) is 0 Å². The van der Waals surface area contributed by atoms with Gasteiger partial charge in [-0.3, -0.25) is 10.9 Å². The summed E-state index contributed by atoms with van der Waals surface area (Å²) in [5.41, 5.74) is 10.4. The minimum absolute atomic E-state index is 0.529. The van der Waals surface area contributed by atoms with Crippen LogP contribution in [0.4, 0.5) is 11.5 Å². The van der Waals surface area contributed by atoms with Crippen molar-refractivity contribution in [1.82, 2.24) is 9.97 Å². The van der Waals surface area contributed by atoms with E-state index in [2.05, 4.69) is 10.9 Å². The fourth-order valence-corrected chi connectivity index (χ4v) is 3.17. The highest BCUT2D eigenvalue weighted by molar-refractivity contribution is 5.83. The highest BCUT2D eigenvalue weighted by Crippen LogP contribution is 2.40. The van der Waals surface area contributed by atoms with Gasteiger partial charge in [0.1, 0.15) is 5.69 Å². The van der Waals surface area contributed by atoms with E-state index >= 15 is 0 Å². The molecule has 0 saturated heterocycles. The monoisotopic (exact) mass is 402 g/mol. The summed E-state index contributed by atoms with van der Waals surface area (Å²) < 4.78 is 16.2. The number of nitrogens with one attached hydrogen (secondary N) is 2. The van der Waals surface area contributed by atoms with E-state index in [1.54, 1.807) is 21.3 Å². The van der Waals surface area contributed by atoms with Crippen LogP contribution >= 0.6 is 0 Å². The number of anilines is 2. The minimum atomic E-state index is 0.529. The Morgan fingerprint density at radius 2 is 1.27 bits per heavy atom. The van der Waals surface area contributed by atoms with Crippen molar-refractivity contribution in [3.8, 4) is 28.5 Å². The standard InChI is InChI=1S/C23H22N4O3/c1-28-19-13-16(14-20(29-2)22(19)30-3)26-27-23-21(15-9-5-4-6-10-15)24-17-11-7-8-12-18(17)25-23/h4-14,26H,1-3H3,(H,25,27). The Labute approximate surface area is 174 Å². The number of para-hydroxylation sites is 2. The zero-order valence-electron chi connectivity index (χ0n) is 17.0. The number of rotatable bonds is 7. The molecule has 1 aromatic heterocycles. The molecule has 7 nitrogen and oxygen atoms in total. The molecule has 7 heteroatoms. The third-order valence-corrected chi connectivity index (χ3v) is 4.61. The van der Waals surface area contributed by atoms with Gasteiger partial charge < -0.3 is 14.2 Å². The Kier molecular flexibility index (Phi) is 5.52. The second-order valence-corrected chi connectivity index (χ2v) is 6.44. The van der Waals surface area contributed by atoms with E-state index < -0.39 is 0 Å². The average molecular weight is 402 g/mol. The van der Waals surface area contributed by atoms with Crippen LogP contribution in [0.3, 0.4) is 0 Å². The molecule has 0 aliphatic heterocycles. The quantitative estimate of drug-likeness (QED) is 0.432. The Bertz CT molecular complexity index is 1140. The number of hydrazine groups is 1. The van der Waals surface area contributed by atoms with Crippen LogP contribution in [0.1, 0.15) is 0 Å². The third kappa shape index (κ3) is 3.77. The molecule has 4 rings (SSSR count). The summed E-state index contributed by atoms with van der Waals surface area (Å²) in [5.74, 6) is 2.23. The normalized spacial score (nSPS) is 10.5. The van der Waals surface area contributed by atoms with Crippen LogP contribution in [0.5, 0.6) is 17.2 Å². The van der Waals surface area contributed by atoms with Crippen molar-refractivity contribution in [3.63, 3.8) is 0 Å². The van der Waals surface area contributed by atoms with E-state index in [0.29, 0.717) is 23.1 Å². The maximum absolute atomic E-state index is 5.42. The molecule has 0 unspecified atom stereocenters. The molecule has 1 heterocycles. The van der Waals surface area contributed by atoms with Gasteiger partial charge in [0.25, 0.3) is 0 Å². The molecule has 0 atom stereocenters. The minimum Gasteiger partial charge on any atom is -0.493 e.